The summed E-state index contributed by atoms with van der Waals surface area (Å²) in [6.07, 6.45) is 2.61. The van der Waals surface area contributed by atoms with Crippen LogP contribution < -0.4 is 15.0 Å². The second-order valence-corrected chi connectivity index (χ2v) is 5.64. The van der Waals surface area contributed by atoms with Crippen molar-refractivity contribution in [2.75, 3.05) is 7.11 Å². The van der Waals surface area contributed by atoms with Crippen LogP contribution in [0.4, 0.5) is 0 Å². The van der Waals surface area contributed by atoms with E-state index >= 15 is 0 Å². The van der Waals surface area contributed by atoms with Crippen molar-refractivity contribution < 1.29 is 9.47 Å². The zero-order valence-electron chi connectivity index (χ0n) is 14.0. The Labute approximate surface area is 154 Å². The highest BCUT2D eigenvalue weighted by Gasteiger charge is 2.06. The molecule has 1 heterocycles. The third-order valence-electron chi connectivity index (χ3n) is 3.48. The van der Waals surface area contributed by atoms with E-state index in [2.05, 4.69) is 15.3 Å². The number of rotatable bonds is 6. The van der Waals surface area contributed by atoms with Crippen molar-refractivity contribution in [3.63, 3.8) is 0 Å². The minimum Gasteiger partial charge on any atom is -0.493 e. The van der Waals surface area contributed by atoms with Gasteiger partial charge in [-0.15, -0.1) is 0 Å². The van der Waals surface area contributed by atoms with Crippen LogP contribution in [-0.2, 0) is 6.61 Å². The SMILES string of the molecule is COc1cc(/C=N/n2c(=O)cn[nH]c2=S)ccc1OCc1ccccc1. The molecule has 0 spiro atoms. The van der Waals surface area contributed by atoms with E-state index in [1.165, 1.54) is 6.21 Å². The van der Waals surface area contributed by atoms with Crippen LogP contribution in [0, 0.1) is 4.77 Å². The second kappa shape index (κ2) is 8.21. The van der Waals surface area contributed by atoms with Crippen LogP contribution in [0.5, 0.6) is 11.5 Å². The van der Waals surface area contributed by atoms with Gasteiger partial charge in [0.25, 0.3) is 5.56 Å². The van der Waals surface area contributed by atoms with E-state index in [4.69, 9.17) is 21.7 Å². The highest BCUT2D eigenvalue weighted by atomic mass is 32.1. The number of ether oxygens (including phenoxy) is 2. The Balaban J connectivity index is 1.79. The highest BCUT2D eigenvalue weighted by Crippen LogP contribution is 2.28. The first kappa shape index (κ1) is 17.6. The molecular weight excluding hydrogens is 352 g/mol. The zero-order chi connectivity index (χ0) is 18.4. The van der Waals surface area contributed by atoms with Crippen LogP contribution in [0.15, 0.2) is 64.6 Å². The normalized spacial score (nSPS) is 10.8. The van der Waals surface area contributed by atoms with Crippen LogP contribution in [-0.4, -0.2) is 28.2 Å². The number of H-pyrrole nitrogens is 1. The summed E-state index contributed by atoms with van der Waals surface area (Å²) in [6.45, 7) is 0.437. The molecule has 8 heteroatoms. The van der Waals surface area contributed by atoms with E-state index in [9.17, 15) is 4.79 Å². The number of methoxy groups -OCH3 is 1. The summed E-state index contributed by atoms with van der Waals surface area (Å²) in [4.78, 5) is 11.7. The standard InChI is InChI=1S/C18H16N4O3S/c1-24-16-9-14(10-20-22-17(23)11-19-21-18(22)26)7-8-15(16)25-12-13-5-3-2-4-6-13/h2-11H,12H2,1H3,(H,21,26)/b20-10+. The lowest BCUT2D eigenvalue weighted by atomic mass is 10.2. The maximum Gasteiger partial charge on any atom is 0.293 e. The molecule has 0 aliphatic carbocycles. The van der Waals surface area contributed by atoms with Crippen molar-refractivity contribution in [2.24, 2.45) is 5.10 Å². The third kappa shape index (κ3) is 4.22. The molecule has 0 bridgehead atoms. The molecule has 132 valence electrons. The largest absolute Gasteiger partial charge is 0.493 e. The lowest BCUT2D eigenvalue weighted by molar-refractivity contribution is 0.284. The average Bonchev–Trinajstić information content (AvgIpc) is 2.67. The predicted octanol–water partition coefficient (Wildman–Crippen LogP) is 2.77. The summed E-state index contributed by atoms with van der Waals surface area (Å²) < 4.78 is 12.4. The molecule has 0 unspecified atom stereocenters. The fraction of sp³-hybridized carbons (Fsp3) is 0.111. The molecule has 0 saturated heterocycles. The number of hydrogen-bond acceptors (Lipinski definition) is 6. The van der Waals surface area contributed by atoms with Crippen molar-refractivity contribution in [3.05, 3.63) is 81.0 Å². The number of nitrogens with one attached hydrogen (secondary N) is 1. The summed E-state index contributed by atoms with van der Waals surface area (Å²) >= 11 is 4.99. The van der Waals surface area contributed by atoms with Gasteiger partial charge in [0.2, 0.25) is 4.77 Å². The Morgan fingerprint density at radius 3 is 2.77 bits per heavy atom. The van der Waals surface area contributed by atoms with Crippen molar-refractivity contribution in [1.29, 1.82) is 0 Å². The van der Waals surface area contributed by atoms with E-state index in [0.717, 1.165) is 22.0 Å². The molecule has 0 atom stereocenters. The third-order valence-corrected chi connectivity index (χ3v) is 3.75. The molecule has 1 aromatic heterocycles. The van der Waals surface area contributed by atoms with E-state index in [1.807, 2.05) is 36.4 Å². The average molecular weight is 368 g/mol. The van der Waals surface area contributed by atoms with Gasteiger partial charge in [-0.3, -0.25) is 9.89 Å². The van der Waals surface area contributed by atoms with Crippen LogP contribution in [0.25, 0.3) is 0 Å². The van der Waals surface area contributed by atoms with Crippen LogP contribution >= 0.6 is 12.2 Å². The van der Waals surface area contributed by atoms with Crippen LogP contribution in [0.3, 0.4) is 0 Å². The summed E-state index contributed by atoms with van der Waals surface area (Å²) in [6, 6.07) is 15.2. The van der Waals surface area contributed by atoms with Crippen molar-refractivity contribution in [1.82, 2.24) is 14.9 Å². The van der Waals surface area contributed by atoms with Gasteiger partial charge < -0.3 is 9.47 Å². The number of nitrogens with zero attached hydrogens (tertiary/aromatic N) is 3. The smallest absolute Gasteiger partial charge is 0.293 e. The first-order valence-corrected chi connectivity index (χ1v) is 8.14. The molecule has 26 heavy (non-hydrogen) atoms. The van der Waals surface area contributed by atoms with E-state index in [-0.39, 0.29) is 4.77 Å². The molecule has 0 amide bonds. The highest BCUT2D eigenvalue weighted by molar-refractivity contribution is 7.71. The van der Waals surface area contributed by atoms with Gasteiger partial charge in [-0.1, -0.05) is 30.3 Å². The molecule has 1 N–H and O–H groups in total. The molecule has 7 nitrogen and oxygen atoms in total. The summed E-state index contributed by atoms with van der Waals surface area (Å²) in [7, 11) is 1.56. The molecule has 0 aliphatic rings. The number of benzene rings is 2. The van der Waals surface area contributed by atoms with Crippen LogP contribution in [0.2, 0.25) is 0 Å². The Morgan fingerprint density at radius 1 is 1.23 bits per heavy atom. The molecule has 3 aromatic rings. The Bertz CT molecular complexity index is 1000. The van der Waals surface area contributed by atoms with Gasteiger partial charge in [0.05, 0.1) is 13.3 Å². The van der Waals surface area contributed by atoms with Crippen LogP contribution in [0.1, 0.15) is 11.1 Å². The quantitative estimate of drug-likeness (QED) is 0.534. The minimum atomic E-state index is -0.417. The fourth-order valence-electron chi connectivity index (χ4n) is 2.20. The van der Waals surface area contributed by atoms with Crippen molar-refractivity contribution in [3.8, 4) is 11.5 Å². The number of hydrogen-bond donors (Lipinski definition) is 1. The van der Waals surface area contributed by atoms with E-state index in [1.54, 1.807) is 19.2 Å². The monoisotopic (exact) mass is 368 g/mol. The first-order valence-electron chi connectivity index (χ1n) is 7.73. The lowest BCUT2D eigenvalue weighted by Crippen LogP contribution is -2.18. The van der Waals surface area contributed by atoms with E-state index in [0.29, 0.717) is 18.1 Å². The first-order chi connectivity index (χ1) is 12.7. The Kier molecular flexibility index (Phi) is 5.55. The van der Waals surface area contributed by atoms with Crippen molar-refractivity contribution in [2.45, 2.75) is 6.61 Å². The van der Waals surface area contributed by atoms with Crippen molar-refractivity contribution >= 4 is 18.4 Å². The molecule has 2 aromatic carbocycles. The molecule has 0 fully saturated rings. The second-order valence-electron chi connectivity index (χ2n) is 5.25. The van der Waals surface area contributed by atoms with E-state index < -0.39 is 5.56 Å². The van der Waals surface area contributed by atoms with Gasteiger partial charge in [-0.05, 0) is 41.5 Å². The molecule has 0 radical (unpaired) electrons. The molecule has 0 saturated carbocycles. The summed E-state index contributed by atoms with van der Waals surface area (Å²) in [5.74, 6) is 1.18. The maximum absolute atomic E-state index is 11.7. The van der Waals surface area contributed by atoms with Gasteiger partial charge >= 0.3 is 0 Å². The van der Waals surface area contributed by atoms with Gasteiger partial charge in [0, 0.05) is 0 Å². The topological polar surface area (TPSA) is 81.5 Å². The Hall–Kier alpha value is -3.26. The fourth-order valence-corrected chi connectivity index (χ4v) is 2.39. The summed E-state index contributed by atoms with van der Waals surface area (Å²) in [5, 5.41) is 10.2. The Morgan fingerprint density at radius 2 is 2.04 bits per heavy atom. The molecule has 0 aliphatic heterocycles. The van der Waals surface area contributed by atoms with Gasteiger partial charge in [-0.2, -0.15) is 14.9 Å². The molecular formula is C18H16N4O3S. The number of aromatic nitrogens is 3. The number of aromatic amines is 1. The van der Waals surface area contributed by atoms with Gasteiger partial charge in [-0.25, -0.2) is 0 Å². The van der Waals surface area contributed by atoms with Gasteiger partial charge in [0.1, 0.15) is 12.8 Å². The predicted molar refractivity (Wildman–Crippen MR) is 100 cm³/mol. The summed E-state index contributed by atoms with van der Waals surface area (Å²) in [5.41, 5.74) is 1.37. The lowest BCUT2D eigenvalue weighted by Gasteiger charge is -2.11. The van der Waals surface area contributed by atoms with Gasteiger partial charge in [0.15, 0.2) is 11.5 Å². The maximum atomic E-state index is 11.7. The molecule has 3 rings (SSSR count). The minimum absolute atomic E-state index is 0.114. The zero-order valence-corrected chi connectivity index (χ0v) is 14.8.